The second-order valence-corrected chi connectivity index (χ2v) is 8.22. The fourth-order valence-corrected chi connectivity index (χ4v) is 4.64. The van der Waals surface area contributed by atoms with Crippen molar-refractivity contribution < 1.29 is 31.1 Å². The Morgan fingerprint density at radius 1 is 0.963 bits per heavy atom. The van der Waals surface area contributed by atoms with E-state index in [9.17, 15) is 26.4 Å². The summed E-state index contributed by atoms with van der Waals surface area (Å²) in [4.78, 5) is 13.9. The summed E-state index contributed by atoms with van der Waals surface area (Å²) in [5, 5.41) is 0. The van der Waals surface area contributed by atoms with Gasteiger partial charge in [0.1, 0.15) is 0 Å². The van der Waals surface area contributed by atoms with Crippen LogP contribution in [0.4, 0.5) is 13.2 Å². The highest BCUT2D eigenvalue weighted by molar-refractivity contribution is 7.86. The molecular weight excluding hydrogens is 387 g/mol. The lowest BCUT2D eigenvalue weighted by molar-refractivity contribution is -0.137. The first-order valence-corrected chi connectivity index (χ1v) is 9.89. The Morgan fingerprint density at radius 2 is 1.56 bits per heavy atom. The summed E-state index contributed by atoms with van der Waals surface area (Å²) >= 11 is 0. The molecule has 0 unspecified atom stereocenters. The first-order valence-electron chi connectivity index (χ1n) is 8.49. The number of rotatable bonds is 3. The zero-order valence-electron chi connectivity index (χ0n) is 14.5. The lowest BCUT2D eigenvalue weighted by atomic mass is 10.1. The third-order valence-electron chi connectivity index (χ3n) is 4.59. The Bertz CT molecular complexity index is 786. The molecule has 2 saturated heterocycles. The summed E-state index contributed by atoms with van der Waals surface area (Å²) in [7, 11) is -3.62. The third kappa shape index (κ3) is 4.42. The Hall–Kier alpha value is -1.69. The van der Waals surface area contributed by atoms with Crippen molar-refractivity contribution in [2.24, 2.45) is 0 Å². The Labute approximate surface area is 155 Å². The SMILES string of the molecule is O=C(c1cccc(C(F)(F)F)c1)N1CCN(S(=O)(=O)N2CCOCC2)CC1. The summed E-state index contributed by atoms with van der Waals surface area (Å²) in [6.45, 7) is 1.70. The third-order valence-corrected chi connectivity index (χ3v) is 6.62. The minimum absolute atomic E-state index is 0.0608. The van der Waals surface area contributed by atoms with Crippen LogP contribution in [0, 0.1) is 0 Å². The van der Waals surface area contributed by atoms with Crippen molar-refractivity contribution in [3.05, 3.63) is 35.4 Å². The number of hydrogen-bond acceptors (Lipinski definition) is 4. The van der Waals surface area contributed by atoms with E-state index in [0.717, 1.165) is 12.1 Å². The van der Waals surface area contributed by atoms with Crippen LogP contribution in [0.2, 0.25) is 0 Å². The predicted molar refractivity (Wildman–Crippen MR) is 90.2 cm³/mol. The van der Waals surface area contributed by atoms with E-state index in [0.29, 0.717) is 13.2 Å². The van der Waals surface area contributed by atoms with Crippen molar-refractivity contribution in [3.63, 3.8) is 0 Å². The summed E-state index contributed by atoms with van der Waals surface area (Å²) < 4.78 is 71.5. The number of carbonyl (C=O) groups is 1. The molecule has 0 radical (unpaired) electrons. The molecule has 2 aliphatic rings. The lowest BCUT2D eigenvalue weighted by Crippen LogP contribution is -2.55. The highest BCUT2D eigenvalue weighted by Crippen LogP contribution is 2.30. The minimum atomic E-state index is -4.53. The van der Waals surface area contributed by atoms with E-state index in [1.165, 1.54) is 25.6 Å². The summed E-state index contributed by atoms with van der Waals surface area (Å²) in [5.74, 6) is -0.537. The molecule has 0 bridgehead atoms. The molecule has 0 aliphatic carbocycles. The Balaban J connectivity index is 1.64. The first-order chi connectivity index (χ1) is 12.7. The van der Waals surface area contributed by atoms with E-state index in [4.69, 9.17) is 4.74 Å². The number of carbonyl (C=O) groups excluding carboxylic acids is 1. The van der Waals surface area contributed by atoms with E-state index >= 15 is 0 Å². The van der Waals surface area contributed by atoms with Gasteiger partial charge in [-0.3, -0.25) is 4.79 Å². The molecule has 27 heavy (non-hydrogen) atoms. The van der Waals surface area contributed by atoms with Crippen molar-refractivity contribution in [1.29, 1.82) is 0 Å². The molecule has 0 saturated carbocycles. The van der Waals surface area contributed by atoms with Gasteiger partial charge < -0.3 is 9.64 Å². The van der Waals surface area contributed by atoms with Crippen LogP contribution in [0.15, 0.2) is 24.3 Å². The maximum atomic E-state index is 12.8. The number of hydrogen-bond donors (Lipinski definition) is 0. The van der Waals surface area contributed by atoms with Gasteiger partial charge in [-0.05, 0) is 18.2 Å². The standard InChI is InChI=1S/C16H20F3N3O4S/c17-16(18,19)14-3-1-2-13(12-14)15(23)20-4-6-21(7-5-20)27(24,25)22-8-10-26-11-9-22/h1-3,12H,4-11H2. The van der Waals surface area contributed by atoms with Crippen LogP contribution in [0.1, 0.15) is 15.9 Å². The summed E-state index contributed by atoms with van der Waals surface area (Å²) in [6, 6.07) is 4.24. The van der Waals surface area contributed by atoms with Crippen LogP contribution in [-0.2, 0) is 21.1 Å². The molecule has 7 nitrogen and oxygen atoms in total. The van der Waals surface area contributed by atoms with Crippen LogP contribution < -0.4 is 0 Å². The van der Waals surface area contributed by atoms with Gasteiger partial charge in [-0.1, -0.05) is 6.07 Å². The number of nitrogens with zero attached hydrogens (tertiary/aromatic N) is 3. The van der Waals surface area contributed by atoms with Crippen LogP contribution in [0.25, 0.3) is 0 Å². The topological polar surface area (TPSA) is 70.2 Å². The molecule has 1 aromatic rings. The summed E-state index contributed by atoms with van der Waals surface area (Å²) in [6.07, 6.45) is -4.53. The van der Waals surface area contributed by atoms with Crippen molar-refractivity contribution >= 4 is 16.1 Å². The van der Waals surface area contributed by atoms with Crippen LogP contribution in [-0.4, -0.2) is 80.3 Å². The van der Waals surface area contributed by atoms with Gasteiger partial charge >= 0.3 is 6.18 Å². The quantitative estimate of drug-likeness (QED) is 0.751. The van der Waals surface area contributed by atoms with E-state index in [1.54, 1.807) is 0 Å². The monoisotopic (exact) mass is 407 g/mol. The van der Waals surface area contributed by atoms with E-state index in [1.807, 2.05) is 0 Å². The molecule has 2 aliphatic heterocycles. The van der Waals surface area contributed by atoms with Gasteiger partial charge in [-0.25, -0.2) is 0 Å². The number of morpholine rings is 1. The first kappa shape index (κ1) is 20.1. The zero-order valence-corrected chi connectivity index (χ0v) is 15.3. The van der Waals surface area contributed by atoms with Crippen molar-refractivity contribution in [2.75, 3.05) is 52.5 Å². The van der Waals surface area contributed by atoms with Gasteiger partial charge in [-0.2, -0.15) is 30.2 Å². The van der Waals surface area contributed by atoms with Gasteiger partial charge in [0, 0.05) is 44.8 Å². The molecule has 11 heteroatoms. The van der Waals surface area contributed by atoms with Crippen molar-refractivity contribution in [1.82, 2.24) is 13.5 Å². The van der Waals surface area contributed by atoms with E-state index in [2.05, 4.69) is 0 Å². The average Bonchev–Trinajstić information content (AvgIpc) is 2.67. The highest BCUT2D eigenvalue weighted by atomic mass is 32.2. The number of piperazine rings is 1. The molecule has 0 N–H and O–H groups in total. The molecule has 0 atom stereocenters. The Morgan fingerprint density at radius 3 is 2.15 bits per heavy atom. The van der Waals surface area contributed by atoms with Crippen molar-refractivity contribution in [3.8, 4) is 0 Å². The number of benzene rings is 1. The second kappa shape index (κ2) is 7.74. The minimum Gasteiger partial charge on any atom is -0.379 e. The Kier molecular flexibility index (Phi) is 5.75. The fourth-order valence-electron chi connectivity index (χ4n) is 3.07. The van der Waals surface area contributed by atoms with Crippen LogP contribution in [0.3, 0.4) is 0 Å². The maximum absolute atomic E-state index is 12.8. The van der Waals surface area contributed by atoms with Crippen LogP contribution in [0.5, 0.6) is 0 Å². The number of halogens is 3. The molecule has 0 spiro atoms. The number of amides is 1. The molecule has 3 rings (SSSR count). The highest BCUT2D eigenvalue weighted by Gasteiger charge is 2.35. The van der Waals surface area contributed by atoms with Gasteiger partial charge in [0.15, 0.2) is 0 Å². The van der Waals surface area contributed by atoms with E-state index in [-0.39, 0.29) is 44.8 Å². The van der Waals surface area contributed by atoms with E-state index < -0.39 is 27.9 Å². The van der Waals surface area contributed by atoms with Gasteiger partial charge in [-0.15, -0.1) is 0 Å². The van der Waals surface area contributed by atoms with Gasteiger partial charge in [0.25, 0.3) is 16.1 Å². The number of ether oxygens (including phenoxy) is 1. The maximum Gasteiger partial charge on any atom is 0.416 e. The average molecular weight is 407 g/mol. The fraction of sp³-hybridized carbons (Fsp3) is 0.562. The second-order valence-electron chi connectivity index (χ2n) is 6.29. The molecular formula is C16H20F3N3O4S. The molecule has 0 aromatic heterocycles. The van der Waals surface area contributed by atoms with Crippen LogP contribution >= 0.6 is 0 Å². The van der Waals surface area contributed by atoms with Gasteiger partial charge in [0.2, 0.25) is 0 Å². The molecule has 1 amide bonds. The molecule has 1 aromatic carbocycles. The largest absolute Gasteiger partial charge is 0.416 e. The van der Waals surface area contributed by atoms with Gasteiger partial charge in [0.05, 0.1) is 18.8 Å². The molecule has 2 fully saturated rings. The molecule has 150 valence electrons. The smallest absolute Gasteiger partial charge is 0.379 e. The summed E-state index contributed by atoms with van der Waals surface area (Å²) in [5.41, 5.74) is -0.948. The molecule has 2 heterocycles. The number of alkyl halides is 3. The normalized spacial score (nSPS) is 20.6. The predicted octanol–water partition coefficient (Wildman–Crippen LogP) is 1.04. The zero-order chi connectivity index (χ0) is 19.7. The lowest BCUT2D eigenvalue weighted by Gasteiger charge is -2.37. The van der Waals surface area contributed by atoms with Crippen molar-refractivity contribution in [2.45, 2.75) is 6.18 Å².